The molecule has 6 nitrogen and oxygen atoms in total. The second kappa shape index (κ2) is 8.55. The third-order valence-corrected chi connectivity index (χ3v) is 4.49. The van der Waals surface area contributed by atoms with E-state index in [4.69, 9.17) is 4.74 Å². The second-order valence-electron chi connectivity index (χ2n) is 6.21. The molecule has 0 unspecified atom stereocenters. The van der Waals surface area contributed by atoms with Gasteiger partial charge in [0.2, 0.25) is 0 Å². The predicted molar refractivity (Wildman–Crippen MR) is 96.5 cm³/mol. The first-order valence-corrected chi connectivity index (χ1v) is 9.02. The summed E-state index contributed by atoms with van der Waals surface area (Å²) in [4.78, 5) is 14.5. The van der Waals surface area contributed by atoms with Gasteiger partial charge >= 0.3 is 6.03 Å². The zero-order valence-electron chi connectivity index (χ0n) is 14.7. The first-order valence-electron chi connectivity index (χ1n) is 9.02. The van der Waals surface area contributed by atoms with Crippen LogP contribution in [0, 0.1) is 0 Å². The lowest BCUT2D eigenvalue weighted by Crippen LogP contribution is -2.40. The molecular weight excluding hydrogens is 316 g/mol. The lowest BCUT2D eigenvalue weighted by Gasteiger charge is -2.25. The molecule has 1 aromatic heterocycles. The molecule has 1 aliphatic rings. The zero-order valence-corrected chi connectivity index (χ0v) is 14.7. The van der Waals surface area contributed by atoms with Crippen molar-refractivity contribution in [1.29, 1.82) is 0 Å². The van der Waals surface area contributed by atoms with Crippen LogP contribution in [0.3, 0.4) is 0 Å². The van der Waals surface area contributed by atoms with Gasteiger partial charge in [-0.3, -0.25) is 4.68 Å². The van der Waals surface area contributed by atoms with Crippen LogP contribution in [-0.2, 0) is 6.54 Å². The first kappa shape index (κ1) is 17.3. The zero-order chi connectivity index (χ0) is 17.5. The van der Waals surface area contributed by atoms with E-state index >= 15 is 0 Å². The highest BCUT2D eigenvalue weighted by Gasteiger charge is 2.29. The van der Waals surface area contributed by atoms with Crippen LogP contribution < -0.4 is 10.1 Å². The van der Waals surface area contributed by atoms with E-state index in [1.807, 2.05) is 40.9 Å². The summed E-state index contributed by atoms with van der Waals surface area (Å²) in [5.41, 5.74) is 1.17. The third kappa shape index (κ3) is 4.53. The van der Waals surface area contributed by atoms with Gasteiger partial charge in [-0.05, 0) is 49.9 Å². The molecule has 0 saturated carbocycles. The SMILES string of the molecule is CCOc1ccc([C@@H]2CCCN2C(=O)NCCCn2cccn2)cc1. The Bertz CT molecular complexity index is 655. The minimum atomic E-state index is 0.0249. The number of urea groups is 1. The highest BCUT2D eigenvalue weighted by molar-refractivity contribution is 5.75. The van der Waals surface area contributed by atoms with Gasteiger partial charge in [0.25, 0.3) is 0 Å². The number of benzene rings is 1. The maximum atomic E-state index is 12.5. The predicted octanol–water partition coefficient (Wildman–Crippen LogP) is 3.22. The van der Waals surface area contributed by atoms with Crippen LogP contribution >= 0.6 is 0 Å². The molecule has 0 bridgehead atoms. The van der Waals surface area contributed by atoms with Crippen LogP contribution in [0.25, 0.3) is 0 Å². The number of carbonyl (C=O) groups is 1. The number of nitrogens with one attached hydrogen (secondary N) is 1. The molecule has 2 amide bonds. The summed E-state index contributed by atoms with van der Waals surface area (Å²) in [7, 11) is 0. The minimum absolute atomic E-state index is 0.0249. The number of aryl methyl sites for hydroxylation is 1. The molecule has 0 radical (unpaired) electrons. The molecule has 6 heteroatoms. The van der Waals surface area contributed by atoms with Gasteiger partial charge in [0.15, 0.2) is 0 Å². The molecule has 1 aromatic carbocycles. The fraction of sp³-hybridized carbons (Fsp3) is 0.474. The molecule has 1 aliphatic heterocycles. The van der Waals surface area contributed by atoms with E-state index in [-0.39, 0.29) is 12.1 Å². The van der Waals surface area contributed by atoms with Crippen molar-refractivity contribution in [2.75, 3.05) is 19.7 Å². The Hall–Kier alpha value is -2.50. The average Bonchev–Trinajstić information content (AvgIpc) is 3.31. The van der Waals surface area contributed by atoms with Gasteiger partial charge in [-0.1, -0.05) is 12.1 Å². The number of ether oxygens (including phenoxy) is 1. The molecule has 1 atom stereocenters. The van der Waals surface area contributed by atoms with Crippen LogP contribution in [0.15, 0.2) is 42.7 Å². The highest BCUT2D eigenvalue weighted by atomic mass is 16.5. The molecule has 1 saturated heterocycles. The molecule has 0 spiro atoms. The smallest absolute Gasteiger partial charge is 0.317 e. The fourth-order valence-corrected chi connectivity index (χ4v) is 3.28. The van der Waals surface area contributed by atoms with Crippen LogP contribution in [0.5, 0.6) is 5.75 Å². The molecule has 1 N–H and O–H groups in total. The molecule has 3 rings (SSSR count). The van der Waals surface area contributed by atoms with Crippen molar-refractivity contribution >= 4 is 6.03 Å². The summed E-state index contributed by atoms with van der Waals surface area (Å²) >= 11 is 0. The molecule has 0 aliphatic carbocycles. The van der Waals surface area contributed by atoms with Gasteiger partial charge in [0.05, 0.1) is 12.6 Å². The Morgan fingerprint density at radius 2 is 2.20 bits per heavy atom. The average molecular weight is 342 g/mol. The van der Waals surface area contributed by atoms with E-state index < -0.39 is 0 Å². The molecule has 2 heterocycles. The van der Waals surface area contributed by atoms with Crippen molar-refractivity contribution < 1.29 is 9.53 Å². The number of hydrogen-bond acceptors (Lipinski definition) is 3. The largest absolute Gasteiger partial charge is 0.494 e. The standard InChI is InChI=1S/C19H26N4O2/c1-2-25-17-9-7-16(8-10-17)18-6-3-15-23(18)19(24)20-11-4-13-22-14-5-12-21-22/h5,7-10,12,14,18H,2-4,6,11,13,15H2,1H3,(H,20,24)/t18-/m0/s1. The lowest BCUT2D eigenvalue weighted by molar-refractivity contribution is 0.192. The van der Waals surface area contributed by atoms with E-state index in [0.29, 0.717) is 13.2 Å². The number of hydrogen-bond donors (Lipinski definition) is 1. The van der Waals surface area contributed by atoms with Crippen LogP contribution in [0.1, 0.15) is 37.8 Å². The van der Waals surface area contributed by atoms with Crippen LogP contribution in [-0.4, -0.2) is 40.4 Å². The van der Waals surface area contributed by atoms with E-state index in [1.54, 1.807) is 6.20 Å². The maximum Gasteiger partial charge on any atom is 0.317 e. The fourth-order valence-electron chi connectivity index (χ4n) is 3.28. The Balaban J connectivity index is 1.50. The third-order valence-electron chi connectivity index (χ3n) is 4.49. The van der Waals surface area contributed by atoms with E-state index in [2.05, 4.69) is 22.5 Å². The maximum absolute atomic E-state index is 12.5. The van der Waals surface area contributed by atoms with E-state index in [1.165, 1.54) is 5.56 Å². The molecule has 25 heavy (non-hydrogen) atoms. The van der Waals surface area contributed by atoms with Crippen molar-refractivity contribution in [3.8, 4) is 5.75 Å². The summed E-state index contributed by atoms with van der Waals surface area (Å²) in [6, 6.07) is 10.2. The summed E-state index contributed by atoms with van der Waals surface area (Å²) in [5, 5.41) is 7.21. The molecule has 134 valence electrons. The van der Waals surface area contributed by atoms with Gasteiger partial charge in [-0.15, -0.1) is 0 Å². The van der Waals surface area contributed by atoms with Gasteiger partial charge < -0.3 is 15.0 Å². The number of carbonyl (C=O) groups excluding carboxylic acids is 1. The Morgan fingerprint density at radius 1 is 1.36 bits per heavy atom. The van der Waals surface area contributed by atoms with Crippen molar-refractivity contribution in [2.45, 2.75) is 38.8 Å². The highest BCUT2D eigenvalue weighted by Crippen LogP contribution is 2.32. The van der Waals surface area contributed by atoms with E-state index in [0.717, 1.165) is 38.1 Å². The molecule has 2 aromatic rings. The van der Waals surface area contributed by atoms with Crippen molar-refractivity contribution in [3.63, 3.8) is 0 Å². The van der Waals surface area contributed by atoms with Gasteiger partial charge in [0, 0.05) is 32.0 Å². The Kier molecular flexibility index (Phi) is 5.93. The Labute approximate surface area is 148 Å². The Morgan fingerprint density at radius 3 is 2.92 bits per heavy atom. The summed E-state index contributed by atoms with van der Waals surface area (Å²) < 4.78 is 7.37. The minimum Gasteiger partial charge on any atom is -0.494 e. The summed E-state index contributed by atoms with van der Waals surface area (Å²) in [5.74, 6) is 0.874. The van der Waals surface area contributed by atoms with Gasteiger partial charge in [0.1, 0.15) is 5.75 Å². The lowest BCUT2D eigenvalue weighted by atomic mass is 10.0. The van der Waals surface area contributed by atoms with Crippen LogP contribution in [0.2, 0.25) is 0 Å². The number of aromatic nitrogens is 2. The van der Waals surface area contributed by atoms with Crippen LogP contribution in [0.4, 0.5) is 4.79 Å². The summed E-state index contributed by atoms with van der Waals surface area (Å²) in [6.45, 7) is 4.92. The van der Waals surface area contributed by atoms with Crippen molar-refractivity contribution in [3.05, 3.63) is 48.3 Å². The molecule has 1 fully saturated rings. The van der Waals surface area contributed by atoms with Crippen molar-refractivity contribution in [1.82, 2.24) is 20.0 Å². The normalized spacial score (nSPS) is 16.8. The topological polar surface area (TPSA) is 59.4 Å². The van der Waals surface area contributed by atoms with Gasteiger partial charge in [-0.25, -0.2) is 4.79 Å². The summed E-state index contributed by atoms with van der Waals surface area (Å²) in [6.07, 6.45) is 6.62. The number of rotatable bonds is 7. The number of nitrogens with zero attached hydrogens (tertiary/aromatic N) is 3. The quantitative estimate of drug-likeness (QED) is 0.786. The van der Waals surface area contributed by atoms with Gasteiger partial charge in [-0.2, -0.15) is 5.10 Å². The second-order valence-corrected chi connectivity index (χ2v) is 6.21. The molecular formula is C19H26N4O2. The van der Waals surface area contributed by atoms with Crippen molar-refractivity contribution in [2.24, 2.45) is 0 Å². The van der Waals surface area contributed by atoms with E-state index in [9.17, 15) is 4.79 Å². The first-order chi connectivity index (χ1) is 12.3. The number of likely N-dealkylation sites (tertiary alicyclic amines) is 1. The number of amides is 2. The monoisotopic (exact) mass is 342 g/mol.